The Morgan fingerprint density at radius 3 is 2.18 bits per heavy atom. The van der Waals surface area contributed by atoms with E-state index >= 15 is 0 Å². The Morgan fingerprint density at radius 1 is 1.07 bits per heavy atom. The van der Waals surface area contributed by atoms with Crippen LogP contribution in [0.4, 0.5) is 4.79 Å². The van der Waals surface area contributed by atoms with Gasteiger partial charge >= 0.3 is 6.09 Å². The second-order valence-corrected chi connectivity index (χ2v) is 8.37. The van der Waals surface area contributed by atoms with Gasteiger partial charge in [0.05, 0.1) is 18.8 Å². The molecule has 2 unspecified atom stereocenters. The van der Waals surface area contributed by atoms with Crippen LogP contribution in [0, 0.1) is 11.8 Å². The Kier molecular flexibility index (Phi) is 4.18. The second kappa shape index (κ2) is 6.61. The largest absolute Gasteiger partial charge is 0.448 e. The lowest BCUT2D eigenvalue weighted by atomic mass is 9.74. The van der Waals surface area contributed by atoms with Crippen molar-refractivity contribution in [3.05, 3.63) is 59.7 Å². The molecule has 1 aliphatic carbocycles. The smallest absolute Gasteiger partial charge is 0.409 e. The number of hydrogen-bond acceptors (Lipinski definition) is 4. The number of nitrogens with zero attached hydrogens (tertiary/aromatic N) is 1. The topological polar surface area (TPSA) is 59.0 Å². The first kappa shape index (κ1) is 17.7. The van der Waals surface area contributed by atoms with Gasteiger partial charge in [0.1, 0.15) is 6.61 Å². The number of likely N-dealkylation sites (tertiary alicyclic amines) is 1. The van der Waals surface area contributed by atoms with Crippen LogP contribution >= 0.6 is 0 Å². The van der Waals surface area contributed by atoms with E-state index in [1.165, 1.54) is 22.3 Å². The van der Waals surface area contributed by atoms with Gasteiger partial charge in [0.2, 0.25) is 0 Å². The SMILES string of the molecule is CC1(O)C2COCC1CN(C(=O)OCC1c3ccccc3-c3ccccc31)C2. The Morgan fingerprint density at radius 2 is 1.61 bits per heavy atom. The van der Waals surface area contributed by atoms with Gasteiger partial charge < -0.3 is 19.5 Å². The van der Waals surface area contributed by atoms with Gasteiger partial charge in [-0.15, -0.1) is 0 Å². The van der Waals surface area contributed by atoms with Crippen LogP contribution < -0.4 is 0 Å². The van der Waals surface area contributed by atoms with E-state index in [9.17, 15) is 9.90 Å². The average molecular weight is 379 g/mol. The Balaban J connectivity index is 1.31. The summed E-state index contributed by atoms with van der Waals surface area (Å²) in [6.07, 6.45) is -0.297. The van der Waals surface area contributed by atoms with Crippen molar-refractivity contribution >= 4 is 6.09 Å². The molecule has 2 saturated heterocycles. The molecule has 2 aromatic carbocycles. The molecule has 2 heterocycles. The average Bonchev–Trinajstić information content (AvgIpc) is 2.99. The summed E-state index contributed by atoms with van der Waals surface area (Å²) in [6, 6.07) is 16.7. The van der Waals surface area contributed by atoms with Crippen molar-refractivity contribution in [3.63, 3.8) is 0 Å². The summed E-state index contributed by atoms with van der Waals surface area (Å²) >= 11 is 0. The normalized spacial score (nSPS) is 28.6. The number of carbonyl (C=O) groups excluding carboxylic acids is 1. The van der Waals surface area contributed by atoms with Gasteiger partial charge in [0.25, 0.3) is 0 Å². The summed E-state index contributed by atoms with van der Waals surface area (Å²) < 4.78 is 11.4. The van der Waals surface area contributed by atoms with Crippen LogP contribution in [0.2, 0.25) is 0 Å². The standard InChI is InChI=1S/C23H25NO4/c1-23(26)15-10-24(11-16(23)13-27-12-15)22(25)28-14-21-19-8-4-2-6-17(19)18-7-3-5-9-20(18)21/h2-9,15-16,21,26H,10-14H2,1H3. The summed E-state index contributed by atoms with van der Waals surface area (Å²) in [6.45, 7) is 4.10. The number of benzene rings is 2. The second-order valence-electron chi connectivity index (χ2n) is 8.37. The molecule has 0 saturated carbocycles. The fourth-order valence-corrected chi connectivity index (χ4v) is 4.94. The van der Waals surface area contributed by atoms with Gasteiger partial charge in [0.15, 0.2) is 0 Å². The molecule has 5 nitrogen and oxygen atoms in total. The monoisotopic (exact) mass is 379 g/mol. The van der Waals surface area contributed by atoms with Gasteiger partial charge in [-0.3, -0.25) is 0 Å². The lowest BCUT2D eigenvalue weighted by molar-refractivity contribution is -0.177. The minimum atomic E-state index is -0.779. The molecule has 2 aliphatic heterocycles. The molecule has 1 N–H and O–H groups in total. The van der Waals surface area contributed by atoms with E-state index in [1.807, 2.05) is 31.2 Å². The van der Waals surface area contributed by atoms with E-state index in [4.69, 9.17) is 9.47 Å². The van der Waals surface area contributed by atoms with Gasteiger partial charge in [-0.2, -0.15) is 0 Å². The fraction of sp³-hybridized carbons (Fsp3) is 0.435. The van der Waals surface area contributed by atoms with E-state index in [0.29, 0.717) is 32.9 Å². The van der Waals surface area contributed by atoms with Gasteiger partial charge in [-0.05, 0) is 29.2 Å². The molecular formula is C23H25NO4. The minimum Gasteiger partial charge on any atom is -0.448 e. The summed E-state index contributed by atoms with van der Waals surface area (Å²) in [4.78, 5) is 14.5. The van der Waals surface area contributed by atoms with Crippen LogP contribution in [0.1, 0.15) is 24.0 Å². The first-order chi connectivity index (χ1) is 13.6. The molecule has 28 heavy (non-hydrogen) atoms. The number of amides is 1. The lowest BCUT2D eigenvalue weighted by Gasteiger charge is -2.50. The van der Waals surface area contributed by atoms with Crippen molar-refractivity contribution in [2.75, 3.05) is 32.9 Å². The first-order valence-corrected chi connectivity index (χ1v) is 9.95. The van der Waals surface area contributed by atoms with Gasteiger partial charge in [-0.1, -0.05) is 48.5 Å². The molecule has 0 radical (unpaired) electrons. The molecule has 2 bridgehead atoms. The molecule has 2 atom stereocenters. The predicted octanol–water partition coefficient (Wildman–Crippen LogP) is 3.26. The predicted molar refractivity (Wildman–Crippen MR) is 105 cm³/mol. The van der Waals surface area contributed by atoms with Crippen molar-refractivity contribution in [3.8, 4) is 11.1 Å². The quantitative estimate of drug-likeness (QED) is 0.870. The molecule has 5 heteroatoms. The van der Waals surface area contributed by atoms with E-state index < -0.39 is 5.60 Å². The highest BCUT2D eigenvalue weighted by molar-refractivity contribution is 5.79. The van der Waals surface area contributed by atoms with Crippen molar-refractivity contribution < 1.29 is 19.4 Å². The number of ether oxygens (including phenoxy) is 2. The zero-order chi connectivity index (χ0) is 19.3. The molecule has 1 amide bonds. The minimum absolute atomic E-state index is 0.0621. The molecule has 0 spiro atoms. The van der Waals surface area contributed by atoms with Crippen LogP contribution in [0.5, 0.6) is 0 Å². The van der Waals surface area contributed by atoms with Gasteiger partial charge in [-0.25, -0.2) is 4.79 Å². The zero-order valence-corrected chi connectivity index (χ0v) is 16.0. The van der Waals surface area contributed by atoms with E-state index in [-0.39, 0.29) is 23.8 Å². The number of piperidine rings is 1. The third-order valence-electron chi connectivity index (χ3n) is 6.77. The van der Waals surface area contributed by atoms with Gasteiger partial charge in [0, 0.05) is 30.8 Å². The molecule has 3 aliphatic rings. The fourth-order valence-electron chi connectivity index (χ4n) is 4.94. The number of fused-ring (bicyclic) bond motifs is 5. The van der Waals surface area contributed by atoms with Crippen molar-refractivity contribution in [2.24, 2.45) is 11.8 Å². The van der Waals surface area contributed by atoms with E-state index in [1.54, 1.807) is 4.90 Å². The van der Waals surface area contributed by atoms with E-state index in [2.05, 4.69) is 24.3 Å². The van der Waals surface area contributed by atoms with Crippen molar-refractivity contribution in [1.29, 1.82) is 0 Å². The first-order valence-electron chi connectivity index (χ1n) is 9.95. The summed E-state index contributed by atoms with van der Waals surface area (Å²) in [5, 5.41) is 10.7. The number of rotatable bonds is 2. The summed E-state index contributed by atoms with van der Waals surface area (Å²) in [5.41, 5.74) is 4.09. The van der Waals surface area contributed by atoms with E-state index in [0.717, 1.165) is 0 Å². The van der Waals surface area contributed by atoms with Crippen molar-refractivity contribution in [1.82, 2.24) is 4.90 Å². The third-order valence-corrected chi connectivity index (χ3v) is 6.77. The number of aliphatic hydroxyl groups is 1. The van der Waals surface area contributed by atoms with Crippen LogP contribution in [0.15, 0.2) is 48.5 Å². The zero-order valence-electron chi connectivity index (χ0n) is 16.0. The summed E-state index contributed by atoms with van der Waals surface area (Å²) in [5.74, 6) is -0.0759. The Hall–Kier alpha value is -2.37. The highest BCUT2D eigenvalue weighted by atomic mass is 16.6. The lowest BCUT2D eigenvalue weighted by Crippen LogP contribution is -2.63. The Labute approximate surface area is 164 Å². The molecule has 2 aromatic rings. The molecule has 5 rings (SSSR count). The maximum Gasteiger partial charge on any atom is 0.409 e. The highest BCUT2D eigenvalue weighted by Crippen LogP contribution is 2.44. The maximum atomic E-state index is 12.8. The van der Waals surface area contributed by atoms with Crippen molar-refractivity contribution in [2.45, 2.75) is 18.4 Å². The molecule has 146 valence electrons. The summed E-state index contributed by atoms with van der Waals surface area (Å²) in [7, 11) is 0. The number of hydrogen-bond donors (Lipinski definition) is 1. The molecule has 0 aromatic heterocycles. The highest BCUT2D eigenvalue weighted by Gasteiger charge is 2.49. The van der Waals surface area contributed by atoms with Crippen LogP contribution in [0.25, 0.3) is 11.1 Å². The third kappa shape index (κ3) is 2.73. The van der Waals surface area contributed by atoms with Crippen LogP contribution in [-0.4, -0.2) is 54.6 Å². The van der Waals surface area contributed by atoms with Crippen LogP contribution in [-0.2, 0) is 9.47 Å². The molecule has 2 fully saturated rings. The Bertz CT molecular complexity index is 847. The maximum absolute atomic E-state index is 12.8. The number of carbonyl (C=O) groups is 1. The van der Waals surface area contributed by atoms with Crippen LogP contribution in [0.3, 0.4) is 0 Å². The molecular weight excluding hydrogens is 354 g/mol.